The molecule has 42 heavy (non-hydrogen) atoms. The monoisotopic (exact) mass is 574 g/mol. The van der Waals surface area contributed by atoms with Crippen LogP contribution in [0.4, 0.5) is 13.2 Å². The minimum absolute atomic E-state index is 0.0799. The highest BCUT2D eigenvalue weighted by molar-refractivity contribution is 5.71. The van der Waals surface area contributed by atoms with Crippen LogP contribution in [0.15, 0.2) is 66.7 Å². The number of hydrogen-bond donors (Lipinski definition) is 0. The average molecular weight is 575 g/mol. The topological polar surface area (TPSA) is 9.23 Å². The molecule has 0 unspecified atom stereocenters. The molecule has 0 spiro atoms. The van der Waals surface area contributed by atoms with Crippen molar-refractivity contribution in [3.05, 3.63) is 89.8 Å². The Labute approximate surface area is 250 Å². The average Bonchev–Trinajstić information content (AvgIpc) is 3.02. The van der Waals surface area contributed by atoms with Gasteiger partial charge in [0.2, 0.25) is 5.82 Å². The fourth-order valence-electron chi connectivity index (χ4n) is 7.30. The molecule has 0 N–H and O–H groups in total. The lowest BCUT2D eigenvalue weighted by atomic mass is 9.68. The van der Waals surface area contributed by atoms with Crippen molar-refractivity contribution in [3.63, 3.8) is 0 Å². The second kappa shape index (κ2) is 14.4. The summed E-state index contributed by atoms with van der Waals surface area (Å²) in [6.45, 7) is 4.34. The van der Waals surface area contributed by atoms with E-state index in [9.17, 15) is 8.78 Å². The third kappa shape index (κ3) is 7.13. The number of halogens is 3. The van der Waals surface area contributed by atoms with Crippen molar-refractivity contribution < 1.29 is 17.9 Å². The first-order valence-corrected chi connectivity index (χ1v) is 16.1. The summed E-state index contributed by atoms with van der Waals surface area (Å²) in [5.74, 6) is 0.816. The van der Waals surface area contributed by atoms with Crippen molar-refractivity contribution in [3.8, 4) is 28.0 Å². The molecule has 2 saturated carbocycles. The minimum Gasteiger partial charge on any atom is -0.490 e. The smallest absolute Gasteiger partial charge is 0.201 e. The van der Waals surface area contributed by atoms with Crippen LogP contribution in [0.1, 0.15) is 96.0 Å². The lowest BCUT2D eigenvalue weighted by Crippen LogP contribution is -2.25. The summed E-state index contributed by atoms with van der Waals surface area (Å²) in [5, 5.41) is 0. The summed E-state index contributed by atoms with van der Waals surface area (Å²) >= 11 is 0. The molecule has 1 nitrogen and oxygen atoms in total. The van der Waals surface area contributed by atoms with Gasteiger partial charge in [0.1, 0.15) is 5.82 Å². The molecule has 0 aliphatic heterocycles. The largest absolute Gasteiger partial charge is 0.490 e. The molecule has 0 atom stereocenters. The Hall–Kier alpha value is -3.01. The maximum absolute atomic E-state index is 15.4. The summed E-state index contributed by atoms with van der Waals surface area (Å²) < 4.78 is 49.9. The molecule has 0 heterocycles. The Kier molecular flexibility index (Phi) is 10.5. The van der Waals surface area contributed by atoms with Crippen LogP contribution in [0.2, 0.25) is 0 Å². The summed E-state index contributed by atoms with van der Waals surface area (Å²) in [7, 11) is 0. The van der Waals surface area contributed by atoms with Gasteiger partial charge in [-0.1, -0.05) is 68.3 Å². The van der Waals surface area contributed by atoms with Crippen molar-refractivity contribution in [1.29, 1.82) is 0 Å². The zero-order valence-corrected chi connectivity index (χ0v) is 25.2. The minimum atomic E-state index is -0.983. The van der Waals surface area contributed by atoms with Gasteiger partial charge < -0.3 is 4.74 Å². The molecule has 0 amide bonds. The van der Waals surface area contributed by atoms with Crippen molar-refractivity contribution >= 4 is 0 Å². The van der Waals surface area contributed by atoms with E-state index >= 15 is 4.39 Å². The maximum atomic E-state index is 15.4. The fourth-order valence-corrected chi connectivity index (χ4v) is 7.30. The molecule has 224 valence electrons. The Morgan fingerprint density at radius 2 is 1.36 bits per heavy atom. The molecule has 0 aromatic heterocycles. The van der Waals surface area contributed by atoms with Crippen LogP contribution in [-0.4, -0.2) is 6.61 Å². The highest BCUT2D eigenvalue weighted by Crippen LogP contribution is 2.45. The van der Waals surface area contributed by atoms with Crippen molar-refractivity contribution in [1.82, 2.24) is 0 Å². The van der Waals surface area contributed by atoms with Gasteiger partial charge in [-0.15, -0.1) is 0 Å². The quantitative estimate of drug-likeness (QED) is 0.219. The normalized spacial score (nSPS) is 22.9. The lowest BCUT2D eigenvalue weighted by Gasteiger charge is -2.38. The van der Waals surface area contributed by atoms with E-state index in [2.05, 4.69) is 25.1 Å². The van der Waals surface area contributed by atoms with E-state index in [1.807, 2.05) is 13.0 Å². The molecule has 2 aliphatic rings. The Balaban J connectivity index is 1.18. The van der Waals surface area contributed by atoms with Crippen LogP contribution in [0, 0.1) is 35.2 Å². The van der Waals surface area contributed by atoms with E-state index in [0.717, 1.165) is 41.7 Å². The molecular weight excluding hydrogens is 529 g/mol. The molecule has 0 bridgehead atoms. The predicted molar refractivity (Wildman–Crippen MR) is 167 cm³/mol. The zero-order valence-electron chi connectivity index (χ0n) is 25.2. The summed E-state index contributed by atoms with van der Waals surface area (Å²) in [5.41, 5.74) is 3.04. The molecule has 0 radical (unpaired) electrons. The number of rotatable bonds is 10. The van der Waals surface area contributed by atoms with E-state index in [1.165, 1.54) is 63.5 Å². The van der Waals surface area contributed by atoms with Crippen LogP contribution in [0.5, 0.6) is 5.75 Å². The number of benzene rings is 3. The van der Waals surface area contributed by atoms with Crippen molar-refractivity contribution in [2.24, 2.45) is 17.8 Å². The number of hydrogen-bond acceptors (Lipinski definition) is 1. The van der Waals surface area contributed by atoms with Gasteiger partial charge in [-0.2, -0.15) is 4.39 Å². The number of allylic oxidation sites excluding steroid dienone is 2. The molecule has 2 aliphatic carbocycles. The highest BCUT2D eigenvalue weighted by atomic mass is 19.2. The highest BCUT2D eigenvalue weighted by Gasteiger charge is 2.31. The molecule has 4 heteroatoms. The third-order valence-electron chi connectivity index (χ3n) is 9.79. The molecule has 3 aromatic rings. The van der Waals surface area contributed by atoms with Crippen LogP contribution in [-0.2, 0) is 0 Å². The van der Waals surface area contributed by atoms with Gasteiger partial charge in [-0.25, -0.2) is 8.78 Å². The van der Waals surface area contributed by atoms with Gasteiger partial charge in [0, 0.05) is 11.1 Å². The van der Waals surface area contributed by atoms with Crippen LogP contribution in [0.3, 0.4) is 0 Å². The summed E-state index contributed by atoms with van der Waals surface area (Å²) in [6.07, 6.45) is 18.1. The van der Waals surface area contributed by atoms with Gasteiger partial charge in [0.25, 0.3) is 0 Å². The van der Waals surface area contributed by atoms with Gasteiger partial charge in [-0.3, -0.25) is 0 Å². The Bertz CT molecular complexity index is 1330. The first-order chi connectivity index (χ1) is 20.5. The molecule has 3 aromatic carbocycles. The summed E-state index contributed by atoms with van der Waals surface area (Å²) in [6, 6.07) is 15.6. The van der Waals surface area contributed by atoms with Crippen LogP contribution in [0.25, 0.3) is 22.3 Å². The van der Waals surface area contributed by atoms with E-state index in [0.29, 0.717) is 30.1 Å². The van der Waals surface area contributed by atoms with E-state index in [1.54, 1.807) is 30.3 Å². The predicted octanol–water partition coefficient (Wildman–Crippen LogP) is 11.7. The first kappa shape index (κ1) is 30.4. The lowest BCUT2D eigenvalue weighted by molar-refractivity contribution is 0.157. The van der Waals surface area contributed by atoms with Crippen LogP contribution >= 0.6 is 0 Å². The van der Waals surface area contributed by atoms with Gasteiger partial charge in [-0.05, 0) is 123 Å². The van der Waals surface area contributed by atoms with Crippen molar-refractivity contribution in [2.75, 3.05) is 6.61 Å². The molecule has 5 rings (SSSR count). The number of ether oxygens (including phenoxy) is 1. The van der Waals surface area contributed by atoms with Gasteiger partial charge in [0.05, 0.1) is 6.61 Å². The second-order valence-electron chi connectivity index (χ2n) is 12.4. The summed E-state index contributed by atoms with van der Waals surface area (Å²) in [4.78, 5) is 0. The molecular formula is C38H45F3O. The second-order valence-corrected chi connectivity index (χ2v) is 12.4. The molecule has 2 fully saturated rings. The first-order valence-electron chi connectivity index (χ1n) is 16.1. The van der Waals surface area contributed by atoms with E-state index in [4.69, 9.17) is 4.74 Å². The van der Waals surface area contributed by atoms with Crippen LogP contribution < -0.4 is 4.74 Å². The zero-order chi connectivity index (χ0) is 29.5. The van der Waals surface area contributed by atoms with Gasteiger partial charge >= 0.3 is 0 Å². The van der Waals surface area contributed by atoms with E-state index < -0.39 is 11.6 Å². The third-order valence-corrected chi connectivity index (χ3v) is 9.79. The SMILES string of the molecule is CC=CCCC1CCC(C2CCC(c3ccc(-c4ccc(-c5ccc(OCCC)c(F)c5F)cc4)c(F)c3)CC2)CC1. The van der Waals surface area contributed by atoms with Gasteiger partial charge in [0.15, 0.2) is 11.6 Å². The fraction of sp³-hybridized carbons (Fsp3) is 0.474. The Morgan fingerprint density at radius 3 is 1.98 bits per heavy atom. The van der Waals surface area contributed by atoms with Crippen molar-refractivity contribution in [2.45, 2.75) is 90.4 Å². The Morgan fingerprint density at radius 1 is 0.738 bits per heavy atom. The maximum Gasteiger partial charge on any atom is 0.201 e. The standard InChI is InChI=1S/C38H45F3O/c1-3-5-6-7-26-8-10-27(11-9-26)28-12-14-29(15-13-28)32-20-21-33(35(39)25-32)30-16-18-31(19-17-30)34-22-23-36(42-24-4-2)38(41)37(34)40/h3,5,16-23,25-29H,4,6-15,24H2,1-2H3. The molecule has 0 saturated heterocycles. The van der Waals surface area contributed by atoms with E-state index in [-0.39, 0.29) is 17.1 Å².